The quantitative estimate of drug-likeness (QED) is 0.396. The molecule has 0 aromatic heterocycles. The minimum atomic E-state index is 0.0278. The van der Waals surface area contributed by atoms with Crippen LogP contribution >= 0.6 is 0 Å². The van der Waals surface area contributed by atoms with Crippen molar-refractivity contribution >= 4 is 11.4 Å². The van der Waals surface area contributed by atoms with Crippen molar-refractivity contribution in [3.63, 3.8) is 0 Å². The Kier molecular flexibility index (Phi) is 5.32. The lowest BCUT2D eigenvalue weighted by Crippen LogP contribution is -2.23. The first-order valence-electron chi connectivity index (χ1n) is 11.2. The van der Waals surface area contributed by atoms with Crippen LogP contribution < -0.4 is 5.32 Å². The topological polar surface area (TPSA) is 12.0 Å². The van der Waals surface area contributed by atoms with Crippen LogP contribution in [-0.4, -0.2) is 0 Å². The fourth-order valence-corrected chi connectivity index (χ4v) is 5.20. The average Bonchev–Trinajstić information content (AvgIpc) is 3.00. The Bertz CT molecular complexity index is 1050. The highest BCUT2D eigenvalue weighted by Crippen LogP contribution is 2.49. The van der Waals surface area contributed by atoms with E-state index in [1.54, 1.807) is 0 Å². The Morgan fingerprint density at radius 1 is 0.833 bits per heavy atom. The van der Waals surface area contributed by atoms with Crippen LogP contribution in [0.3, 0.4) is 0 Å². The highest BCUT2D eigenvalue weighted by atomic mass is 14.9. The van der Waals surface area contributed by atoms with E-state index in [0.717, 1.165) is 30.6 Å². The van der Waals surface area contributed by atoms with Gasteiger partial charge in [-0.1, -0.05) is 76.2 Å². The number of rotatable bonds is 7. The molecule has 0 amide bonds. The summed E-state index contributed by atoms with van der Waals surface area (Å²) in [6.45, 7) is 13.2. The third kappa shape index (κ3) is 3.27. The maximum absolute atomic E-state index is 3.98. The van der Waals surface area contributed by atoms with E-state index in [9.17, 15) is 0 Å². The van der Waals surface area contributed by atoms with Gasteiger partial charge in [-0.05, 0) is 76.8 Å². The lowest BCUT2D eigenvalue weighted by molar-refractivity contribution is 0.400. The van der Waals surface area contributed by atoms with Crippen molar-refractivity contribution in [2.75, 3.05) is 5.32 Å². The third-order valence-corrected chi connectivity index (χ3v) is 7.26. The van der Waals surface area contributed by atoms with E-state index in [1.165, 1.54) is 27.8 Å². The highest BCUT2D eigenvalue weighted by molar-refractivity contribution is 5.82. The van der Waals surface area contributed by atoms with Gasteiger partial charge in [0.25, 0.3) is 0 Å². The van der Waals surface area contributed by atoms with Crippen molar-refractivity contribution in [3.8, 4) is 11.1 Å². The van der Waals surface area contributed by atoms with Crippen molar-refractivity contribution in [2.24, 2.45) is 0 Å². The van der Waals surface area contributed by atoms with Crippen molar-refractivity contribution in [1.29, 1.82) is 0 Å². The van der Waals surface area contributed by atoms with Gasteiger partial charge in [-0.25, -0.2) is 0 Å². The number of nitrogens with one attached hydrogen (secondary N) is 1. The summed E-state index contributed by atoms with van der Waals surface area (Å²) in [4.78, 5) is 0. The predicted octanol–water partition coefficient (Wildman–Crippen LogP) is 8.37. The second-order valence-corrected chi connectivity index (χ2v) is 9.11. The van der Waals surface area contributed by atoms with Gasteiger partial charge in [0.1, 0.15) is 0 Å². The van der Waals surface area contributed by atoms with Crippen molar-refractivity contribution in [3.05, 3.63) is 96.1 Å². The van der Waals surface area contributed by atoms with Gasteiger partial charge in [-0.15, -0.1) is 6.58 Å². The molecule has 0 atom stereocenters. The lowest BCUT2D eigenvalue weighted by atomic mass is 9.73. The first-order valence-corrected chi connectivity index (χ1v) is 11.2. The zero-order valence-electron chi connectivity index (χ0n) is 18.8. The molecule has 1 nitrogen and oxygen atoms in total. The van der Waals surface area contributed by atoms with Gasteiger partial charge >= 0.3 is 0 Å². The largest absolute Gasteiger partial charge is 0.356 e. The molecule has 0 saturated carbocycles. The van der Waals surface area contributed by atoms with E-state index < -0.39 is 0 Å². The van der Waals surface area contributed by atoms with E-state index in [2.05, 4.69) is 112 Å². The molecule has 0 saturated heterocycles. The summed E-state index contributed by atoms with van der Waals surface area (Å²) in [6, 6.07) is 24.6. The van der Waals surface area contributed by atoms with E-state index in [0.29, 0.717) is 0 Å². The molecule has 1 aliphatic rings. The van der Waals surface area contributed by atoms with Crippen LogP contribution in [0.5, 0.6) is 0 Å². The van der Waals surface area contributed by atoms with E-state index in [-0.39, 0.29) is 10.8 Å². The summed E-state index contributed by atoms with van der Waals surface area (Å²) in [5, 5.41) is 3.62. The number of hydrogen-bond donors (Lipinski definition) is 1. The molecule has 3 aromatic carbocycles. The number of anilines is 2. The summed E-state index contributed by atoms with van der Waals surface area (Å²) in [5.41, 5.74) is 9.44. The van der Waals surface area contributed by atoms with Crippen LogP contribution in [0.2, 0.25) is 0 Å². The molecule has 0 aliphatic heterocycles. The van der Waals surface area contributed by atoms with E-state index >= 15 is 0 Å². The molecule has 30 heavy (non-hydrogen) atoms. The number of benzene rings is 3. The molecule has 0 unspecified atom stereocenters. The molecule has 154 valence electrons. The van der Waals surface area contributed by atoms with Crippen LogP contribution in [0.25, 0.3) is 11.1 Å². The Balaban J connectivity index is 1.61. The summed E-state index contributed by atoms with van der Waals surface area (Å²) >= 11 is 0. The van der Waals surface area contributed by atoms with Gasteiger partial charge in [0, 0.05) is 16.8 Å². The first-order chi connectivity index (χ1) is 14.4. The van der Waals surface area contributed by atoms with Crippen LogP contribution in [0.15, 0.2) is 79.4 Å². The Morgan fingerprint density at radius 2 is 1.47 bits per heavy atom. The van der Waals surface area contributed by atoms with Crippen LogP contribution in [0.4, 0.5) is 11.4 Å². The second-order valence-electron chi connectivity index (χ2n) is 9.11. The number of fused-ring (bicyclic) bond motifs is 3. The second kappa shape index (κ2) is 7.80. The van der Waals surface area contributed by atoms with Gasteiger partial charge in [0.15, 0.2) is 0 Å². The zero-order valence-corrected chi connectivity index (χ0v) is 18.8. The van der Waals surface area contributed by atoms with Gasteiger partial charge < -0.3 is 5.32 Å². The van der Waals surface area contributed by atoms with Crippen LogP contribution in [-0.2, 0) is 10.8 Å². The standard InChI is InChI=1S/C29H33N/c1-6-19-29(7-2,8-3)21-13-15-22(16-14-21)30-23-17-18-25-24-11-9-10-12-26(24)28(4,5)27(25)20-23/h6,9-18,20,30H,1,7-8,19H2,2-5H3. The molecule has 0 bridgehead atoms. The van der Waals surface area contributed by atoms with E-state index in [4.69, 9.17) is 0 Å². The van der Waals surface area contributed by atoms with Crippen molar-refractivity contribution < 1.29 is 0 Å². The Labute approximate surface area is 181 Å². The molecule has 1 N–H and O–H groups in total. The molecule has 1 heteroatoms. The summed E-state index contributed by atoms with van der Waals surface area (Å²) in [6.07, 6.45) is 5.34. The SMILES string of the molecule is C=CCC(CC)(CC)c1ccc(Nc2ccc3c(c2)C(C)(C)c2ccccc2-3)cc1. The molecular weight excluding hydrogens is 362 g/mol. The maximum atomic E-state index is 3.98. The first kappa shape index (κ1) is 20.5. The molecule has 3 aromatic rings. The summed E-state index contributed by atoms with van der Waals surface area (Å²) in [5.74, 6) is 0. The fourth-order valence-electron chi connectivity index (χ4n) is 5.20. The minimum Gasteiger partial charge on any atom is -0.356 e. The number of hydrogen-bond acceptors (Lipinski definition) is 1. The van der Waals surface area contributed by atoms with Crippen molar-refractivity contribution in [2.45, 2.75) is 57.8 Å². The molecule has 0 radical (unpaired) electrons. The van der Waals surface area contributed by atoms with E-state index in [1.807, 2.05) is 0 Å². The van der Waals surface area contributed by atoms with Crippen molar-refractivity contribution in [1.82, 2.24) is 0 Å². The Hall–Kier alpha value is -2.80. The molecule has 0 fully saturated rings. The number of allylic oxidation sites excluding steroid dienone is 1. The summed E-state index contributed by atoms with van der Waals surface area (Å²) in [7, 11) is 0. The molecule has 4 rings (SSSR count). The smallest absolute Gasteiger partial charge is 0.0387 e. The zero-order chi connectivity index (χ0) is 21.4. The average molecular weight is 396 g/mol. The minimum absolute atomic E-state index is 0.0278. The normalized spacial score (nSPS) is 14.1. The van der Waals surface area contributed by atoms with Gasteiger partial charge in [-0.2, -0.15) is 0 Å². The molecule has 1 aliphatic carbocycles. The van der Waals surface area contributed by atoms with Gasteiger partial charge in [0.2, 0.25) is 0 Å². The van der Waals surface area contributed by atoms with Crippen LogP contribution in [0, 0.1) is 0 Å². The van der Waals surface area contributed by atoms with Gasteiger partial charge in [-0.3, -0.25) is 0 Å². The fraction of sp³-hybridized carbons (Fsp3) is 0.310. The lowest BCUT2D eigenvalue weighted by Gasteiger charge is -2.31. The predicted molar refractivity (Wildman–Crippen MR) is 131 cm³/mol. The maximum Gasteiger partial charge on any atom is 0.0387 e. The highest BCUT2D eigenvalue weighted by Gasteiger charge is 2.35. The third-order valence-electron chi connectivity index (χ3n) is 7.26. The monoisotopic (exact) mass is 395 g/mol. The Morgan fingerprint density at radius 3 is 2.13 bits per heavy atom. The van der Waals surface area contributed by atoms with Gasteiger partial charge in [0.05, 0.1) is 0 Å². The summed E-state index contributed by atoms with van der Waals surface area (Å²) < 4.78 is 0. The molecule has 0 spiro atoms. The molecular formula is C29H33N. The molecule has 0 heterocycles. The van der Waals surface area contributed by atoms with Crippen LogP contribution in [0.1, 0.15) is 63.6 Å².